The van der Waals surface area contributed by atoms with Gasteiger partial charge in [0.25, 0.3) is 0 Å². The molecule has 0 spiro atoms. The molecule has 0 aromatic carbocycles. The summed E-state index contributed by atoms with van der Waals surface area (Å²) < 4.78 is 2.12. The third-order valence-corrected chi connectivity index (χ3v) is 4.83. The van der Waals surface area contributed by atoms with Crippen molar-refractivity contribution in [1.29, 1.82) is 0 Å². The predicted octanol–water partition coefficient (Wildman–Crippen LogP) is 2.16. The lowest BCUT2D eigenvalue weighted by Gasteiger charge is -2.34. The van der Waals surface area contributed by atoms with E-state index in [0.29, 0.717) is 12.6 Å². The molecule has 0 radical (unpaired) electrons. The van der Waals surface area contributed by atoms with Gasteiger partial charge in [-0.1, -0.05) is 0 Å². The Balaban J connectivity index is 1.61. The van der Waals surface area contributed by atoms with Crippen LogP contribution in [0.4, 0.5) is 4.79 Å². The minimum Gasteiger partial charge on any atom is -0.338 e. The van der Waals surface area contributed by atoms with Crippen molar-refractivity contribution in [2.24, 2.45) is 0 Å². The summed E-state index contributed by atoms with van der Waals surface area (Å²) in [6, 6.07) is 4.53. The van der Waals surface area contributed by atoms with Crippen molar-refractivity contribution >= 4 is 17.4 Å². The number of urea groups is 1. The van der Waals surface area contributed by atoms with E-state index in [2.05, 4.69) is 42.9 Å². The quantitative estimate of drug-likeness (QED) is 0.912. The third-order valence-electron chi connectivity index (χ3n) is 4.10. The van der Waals surface area contributed by atoms with Gasteiger partial charge in [0.2, 0.25) is 0 Å². The van der Waals surface area contributed by atoms with Gasteiger partial charge >= 0.3 is 6.03 Å². The smallest absolute Gasteiger partial charge is 0.316 e. The zero-order chi connectivity index (χ0) is 16.2. The molecule has 1 atom stereocenters. The average Bonchev–Trinajstić information content (AvgIpc) is 3.18. The first-order chi connectivity index (χ1) is 11.1. The number of thiophene rings is 1. The monoisotopic (exact) mass is 333 g/mol. The Morgan fingerprint density at radius 3 is 3.09 bits per heavy atom. The zero-order valence-corrected chi connectivity index (χ0v) is 14.4. The molecule has 124 valence electrons. The van der Waals surface area contributed by atoms with Crippen LogP contribution in [-0.4, -0.2) is 52.8 Å². The number of hydrogen-bond acceptors (Lipinski definition) is 4. The van der Waals surface area contributed by atoms with Crippen LogP contribution in [0.2, 0.25) is 0 Å². The Labute approximate surface area is 140 Å². The Morgan fingerprint density at radius 2 is 2.35 bits per heavy atom. The summed E-state index contributed by atoms with van der Waals surface area (Å²) in [5.74, 6) is 0. The highest BCUT2D eigenvalue weighted by molar-refractivity contribution is 7.07. The fraction of sp³-hybridized carbons (Fsp3) is 0.500. The first kappa shape index (κ1) is 16.0. The molecular formula is C16H23N5OS. The topological polar surface area (TPSA) is 53.4 Å². The van der Waals surface area contributed by atoms with E-state index >= 15 is 0 Å². The maximum atomic E-state index is 11.6. The summed E-state index contributed by atoms with van der Waals surface area (Å²) in [5.41, 5.74) is 2.61. The van der Waals surface area contributed by atoms with Crippen molar-refractivity contribution < 1.29 is 4.79 Å². The number of amides is 2. The van der Waals surface area contributed by atoms with E-state index in [1.54, 1.807) is 30.3 Å². The van der Waals surface area contributed by atoms with E-state index in [1.807, 2.05) is 6.20 Å². The van der Waals surface area contributed by atoms with Gasteiger partial charge in [0.15, 0.2) is 0 Å². The molecule has 7 heteroatoms. The maximum Gasteiger partial charge on any atom is 0.316 e. The Hall–Kier alpha value is -1.86. The molecule has 1 unspecified atom stereocenters. The largest absolute Gasteiger partial charge is 0.338 e. The van der Waals surface area contributed by atoms with Gasteiger partial charge in [-0.2, -0.15) is 16.4 Å². The molecule has 0 saturated heterocycles. The van der Waals surface area contributed by atoms with Gasteiger partial charge in [0.1, 0.15) is 0 Å². The Morgan fingerprint density at radius 1 is 1.48 bits per heavy atom. The second-order valence-electron chi connectivity index (χ2n) is 6.14. The van der Waals surface area contributed by atoms with Crippen molar-refractivity contribution in [2.45, 2.75) is 25.6 Å². The Bertz CT molecular complexity index is 637. The van der Waals surface area contributed by atoms with Crippen molar-refractivity contribution in [2.75, 3.05) is 27.2 Å². The van der Waals surface area contributed by atoms with Crippen molar-refractivity contribution in [1.82, 2.24) is 24.9 Å². The molecule has 2 aromatic rings. The highest BCUT2D eigenvalue weighted by Crippen LogP contribution is 2.24. The predicted molar refractivity (Wildman–Crippen MR) is 91.4 cm³/mol. The van der Waals surface area contributed by atoms with Crippen LogP contribution in [0.1, 0.15) is 23.7 Å². The number of hydrogen-bond donors (Lipinski definition) is 1. The SMILES string of the molecule is CN(C)C(=O)NCCC1CN(Cc2ccsc2)Cc2ccnn21. The summed E-state index contributed by atoms with van der Waals surface area (Å²) in [4.78, 5) is 15.7. The number of nitrogens with one attached hydrogen (secondary N) is 1. The van der Waals surface area contributed by atoms with E-state index in [0.717, 1.165) is 26.1 Å². The summed E-state index contributed by atoms with van der Waals surface area (Å²) in [7, 11) is 3.51. The van der Waals surface area contributed by atoms with Crippen LogP contribution in [0.3, 0.4) is 0 Å². The molecule has 1 aliphatic heterocycles. The van der Waals surface area contributed by atoms with Gasteiger partial charge in [0, 0.05) is 46.5 Å². The van der Waals surface area contributed by atoms with Crippen LogP contribution in [0, 0.1) is 0 Å². The first-order valence-electron chi connectivity index (χ1n) is 7.84. The fourth-order valence-electron chi connectivity index (χ4n) is 2.94. The number of carbonyl (C=O) groups excluding carboxylic acids is 1. The van der Waals surface area contributed by atoms with E-state index in [1.165, 1.54) is 11.3 Å². The van der Waals surface area contributed by atoms with Crippen molar-refractivity contribution in [3.8, 4) is 0 Å². The second kappa shape index (κ2) is 7.14. The molecule has 1 aliphatic rings. The van der Waals surface area contributed by atoms with E-state index in [4.69, 9.17) is 0 Å². The van der Waals surface area contributed by atoms with Crippen LogP contribution in [0.5, 0.6) is 0 Å². The molecule has 0 aliphatic carbocycles. The van der Waals surface area contributed by atoms with Gasteiger partial charge < -0.3 is 10.2 Å². The highest BCUT2D eigenvalue weighted by atomic mass is 32.1. The number of rotatable bonds is 5. The van der Waals surface area contributed by atoms with Gasteiger partial charge in [0.05, 0.1) is 11.7 Å². The molecule has 3 rings (SSSR count). The fourth-order valence-corrected chi connectivity index (χ4v) is 3.60. The molecule has 0 bridgehead atoms. The second-order valence-corrected chi connectivity index (χ2v) is 6.92. The minimum absolute atomic E-state index is 0.0448. The van der Waals surface area contributed by atoms with Crippen LogP contribution in [0.25, 0.3) is 0 Å². The average molecular weight is 333 g/mol. The summed E-state index contributed by atoms with van der Waals surface area (Å²) in [5, 5.41) is 11.7. The van der Waals surface area contributed by atoms with Crippen LogP contribution < -0.4 is 5.32 Å². The lowest BCUT2D eigenvalue weighted by atomic mass is 10.1. The first-order valence-corrected chi connectivity index (χ1v) is 8.78. The molecule has 3 heterocycles. The summed E-state index contributed by atoms with van der Waals surface area (Å²) >= 11 is 1.74. The van der Waals surface area contributed by atoms with Crippen molar-refractivity contribution in [3.63, 3.8) is 0 Å². The number of fused-ring (bicyclic) bond motifs is 1. The molecule has 23 heavy (non-hydrogen) atoms. The molecule has 1 N–H and O–H groups in total. The third kappa shape index (κ3) is 3.92. The van der Waals surface area contributed by atoms with E-state index < -0.39 is 0 Å². The maximum absolute atomic E-state index is 11.6. The molecule has 6 nitrogen and oxygen atoms in total. The molecule has 2 amide bonds. The summed E-state index contributed by atoms with van der Waals surface area (Å²) in [6.45, 7) is 3.52. The van der Waals surface area contributed by atoms with Gasteiger partial charge in [-0.25, -0.2) is 4.79 Å². The van der Waals surface area contributed by atoms with E-state index in [-0.39, 0.29) is 6.03 Å². The lowest BCUT2D eigenvalue weighted by molar-refractivity contribution is 0.160. The molecule has 0 saturated carbocycles. The molecule has 0 fully saturated rings. The van der Waals surface area contributed by atoms with Crippen LogP contribution in [-0.2, 0) is 13.1 Å². The van der Waals surface area contributed by atoms with E-state index in [9.17, 15) is 4.79 Å². The van der Waals surface area contributed by atoms with Gasteiger partial charge in [-0.05, 0) is 34.9 Å². The number of nitrogens with zero attached hydrogens (tertiary/aromatic N) is 4. The molecular weight excluding hydrogens is 310 g/mol. The normalized spacial score (nSPS) is 17.7. The van der Waals surface area contributed by atoms with Crippen LogP contribution >= 0.6 is 11.3 Å². The van der Waals surface area contributed by atoms with Crippen LogP contribution in [0.15, 0.2) is 29.1 Å². The number of carbonyl (C=O) groups is 1. The zero-order valence-electron chi connectivity index (χ0n) is 13.6. The Kier molecular flexibility index (Phi) is 4.97. The minimum atomic E-state index is -0.0448. The standard InChI is InChI=1S/C16H23N5OS/c1-19(2)16(22)17-6-3-14-10-20(9-13-5-8-23-12-13)11-15-4-7-18-21(14)15/h4-5,7-8,12,14H,3,6,9-11H2,1-2H3,(H,17,22). The summed E-state index contributed by atoms with van der Waals surface area (Å²) in [6.07, 6.45) is 2.75. The van der Waals surface area contributed by atoms with Crippen molar-refractivity contribution in [3.05, 3.63) is 40.3 Å². The number of aromatic nitrogens is 2. The molecule has 2 aromatic heterocycles. The van der Waals surface area contributed by atoms with Gasteiger partial charge in [-0.15, -0.1) is 0 Å². The highest BCUT2D eigenvalue weighted by Gasteiger charge is 2.25. The lowest BCUT2D eigenvalue weighted by Crippen LogP contribution is -2.40. The van der Waals surface area contributed by atoms with Gasteiger partial charge in [-0.3, -0.25) is 9.58 Å².